The van der Waals surface area contributed by atoms with Crippen molar-refractivity contribution in [3.8, 4) is 0 Å². The smallest absolute Gasteiger partial charge is 0.320 e. The van der Waals surface area contributed by atoms with E-state index in [0.29, 0.717) is 16.1 Å². The summed E-state index contributed by atoms with van der Waals surface area (Å²) >= 11 is 12.1. The maximum Gasteiger partial charge on any atom is 0.320 e. The minimum absolute atomic E-state index is 0.139. The number of amides is 2. The first-order chi connectivity index (χ1) is 11.5. The van der Waals surface area contributed by atoms with Gasteiger partial charge in [0.05, 0.1) is 4.92 Å². The highest BCUT2D eigenvalue weighted by Crippen LogP contribution is 2.35. The Bertz CT molecular complexity index is 853. The molecular weight excluding hydrogens is 353 g/mol. The van der Waals surface area contributed by atoms with E-state index in [4.69, 9.17) is 23.2 Å². The van der Waals surface area contributed by atoms with Gasteiger partial charge < -0.3 is 10.6 Å². The van der Waals surface area contributed by atoms with Gasteiger partial charge in [-0.25, -0.2) is 4.79 Å². The number of nitro groups is 1. The summed E-state index contributed by atoms with van der Waals surface area (Å²) in [7, 11) is 0. The quantitative estimate of drug-likeness (QED) is 0.638. The van der Waals surface area contributed by atoms with Crippen molar-refractivity contribution in [2.24, 2.45) is 0 Å². The first-order valence-corrected chi connectivity index (χ1v) is 7.69. The van der Waals surface area contributed by atoms with Crippen LogP contribution in [-0.4, -0.2) is 11.0 Å². The van der Waals surface area contributed by atoms with Crippen molar-refractivity contribution in [2.45, 2.75) is 6.04 Å². The van der Waals surface area contributed by atoms with Crippen molar-refractivity contribution in [3.05, 3.63) is 85.5 Å². The Morgan fingerprint density at radius 2 is 1.79 bits per heavy atom. The second-order valence-electron chi connectivity index (χ2n) is 5.08. The molecule has 0 radical (unpaired) electrons. The zero-order valence-corrected chi connectivity index (χ0v) is 13.6. The van der Waals surface area contributed by atoms with Crippen LogP contribution < -0.4 is 10.6 Å². The van der Waals surface area contributed by atoms with Crippen LogP contribution in [-0.2, 0) is 0 Å². The molecule has 2 amide bonds. The molecule has 0 spiro atoms. The van der Waals surface area contributed by atoms with Gasteiger partial charge in [0, 0.05) is 21.2 Å². The molecule has 2 aromatic carbocycles. The standard InChI is InChI=1S/C16H11Cl2N3O3/c17-10-6-7-11(12(18)8-10)14-15(21(23)24)13(19-16(22)20-14)9-4-2-1-3-5-9/h1-8,14H,(H2,19,20,22)/t14-/m0/s1. The second-order valence-corrected chi connectivity index (χ2v) is 5.92. The monoisotopic (exact) mass is 363 g/mol. The second kappa shape index (κ2) is 6.51. The van der Waals surface area contributed by atoms with Crippen molar-refractivity contribution < 1.29 is 9.72 Å². The number of nitrogens with one attached hydrogen (secondary N) is 2. The average molecular weight is 364 g/mol. The van der Waals surface area contributed by atoms with Crippen molar-refractivity contribution >= 4 is 34.9 Å². The Hall–Kier alpha value is -2.57. The van der Waals surface area contributed by atoms with Crippen LogP contribution >= 0.6 is 23.2 Å². The van der Waals surface area contributed by atoms with E-state index in [1.807, 2.05) is 0 Å². The van der Waals surface area contributed by atoms with Gasteiger partial charge >= 0.3 is 6.03 Å². The number of carbonyl (C=O) groups is 1. The number of rotatable bonds is 3. The van der Waals surface area contributed by atoms with Crippen LogP contribution in [0.1, 0.15) is 17.2 Å². The molecule has 0 saturated heterocycles. The molecule has 2 aromatic rings. The average Bonchev–Trinajstić information content (AvgIpc) is 2.54. The Morgan fingerprint density at radius 1 is 1.08 bits per heavy atom. The van der Waals surface area contributed by atoms with Crippen LogP contribution in [0.25, 0.3) is 5.70 Å². The maximum absolute atomic E-state index is 12.0. The van der Waals surface area contributed by atoms with E-state index in [2.05, 4.69) is 10.6 Å². The number of halogens is 2. The van der Waals surface area contributed by atoms with Gasteiger partial charge in [-0.2, -0.15) is 0 Å². The zero-order chi connectivity index (χ0) is 17.3. The molecule has 8 heteroatoms. The molecule has 0 aliphatic carbocycles. The van der Waals surface area contributed by atoms with Crippen LogP contribution in [0.15, 0.2) is 54.2 Å². The molecular formula is C16H11Cl2N3O3. The molecule has 2 N–H and O–H groups in total. The summed E-state index contributed by atoms with van der Waals surface area (Å²) in [5, 5.41) is 17.4. The summed E-state index contributed by atoms with van der Waals surface area (Å²) in [5.41, 5.74) is 0.885. The third kappa shape index (κ3) is 3.06. The molecule has 6 nitrogen and oxygen atoms in total. The molecule has 0 bridgehead atoms. The van der Waals surface area contributed by atoms with Crippen molar-refractivity contribution in [2.75, 3.05) is 0 Å². The molecule has 1 aliphatic heterocycles. The van der Waals surface area contributed by atoms with Crippen LogP contribution in [0.5, 0.6) is 0 Å². The molecule has 3 rings (SSSR count). The highest BCUT2D eigenvalue weighted by molar-refractivity contribution is 6.35. The molecule has 0 saturated carbocycles. The van der Waals surface area contributed by atoms with Crippen molar-refractivity contribution in [1.29, 1.82) is 0 Å². The summed E-state index contributed by atoms with van der Waals surface area (Å²) < 4.78 is 0. The minimum Gasteiger partial charge on any atom is -0.321 e. The van der Waals surface area contributed by atoms with Crippen LogP contribution in [0.3, 0.4) is 0 Å². The lowest BCUT2D eigenvalue weighted by Gasteiger charge is -2.25. The SMILES string of the molecule is O=C1NC(c2ccccc2)=C([N+](=O)[O-])[C@H](c2ccc(Cl)cc2Cl)N1. The topological polar surface area (TPSA) is 84.3 Å². The molecule has 122 valence electrons. The van der Waals surface area contributed by atoms with E-state index in [1.165, 1.54) is 6.07 Å². The van der Waals surface area contributed by atoms with Gasteiger partial charge in [-0.1, -0.05) is 59.6 Å². The molecule has 1 atom stereocenters. The van der Waals surface area contributed by atoms with Gasteiger partial charge in [0.25, 0.3) is 5.70 Å². The summed E-state index contributed by atoms with van der Waals surface area (Å²) in [5.74, 6) is 0. The number of urea groups is 1. The molecule has 0 unspecified atom stereocenters. The number of nitrogens with zero attached hydrogens (tertiary/aromatic N) is 1. The number of hydrogen-bond donors (Lipinski definition) is 2. The third-order valence-corrected chi connectivity index (χ3v) is 4.14. The van der Waals surface area contributed by atoms with E-state index in [0.717, 1.165) is 0 Å². The van der Waals surface area contributed by atoms with Gasteiger partial charge in [0.15, 0.2) is 6.04 Å². The molecule has 1 heterocycles. The van der Waals surface area contributed by atoms with Crippen molar-refractivity contribution in [1.82, 2.24) is 10.6 Å². The lowest BCUT2D eigenvalue weighted by Crippen LogP contribution is -2.45. The van der Waals surface area contributed by atoms with E-state index in [-0.39, 0.29) is 16.4 Å². The van der Waals surface area contributed by atoms with E-state index in [1.54, 1.807) is 42.5 Å². The fourth-order valence-electron chi connectivity index (χ4n) is 2.54. The fraction of sp³-hybridized carbons (Fsp3) is 0.0625. The summed E-state index contributed by atoms with van der Waals surface area (Å²) in [6.07, 6.45) is 0. The van der Waals surface area contributed by atoms with Crippen LogP contribution in [0.2, 0.25) is 10.0 Å². The molecule has 0 aromatic heterocycles. The van der Waals surface area contributed by atoms with E-state index < -0.39 is 17.0 Å². The first kappa shape index (κ1) is 16.3. The third-order valence-electron chi connectivity index (χ3n) is 3.58. The summed E-state index contributed by atoms with van der Waals surface area (Å²) in [6, 6.07) is 11.7. The normalized spacial score (nSPS) is 17.2. The number of hydrogen-bond acceptors (Lipinski definition) is 3. The maximum atomic E-state index is 12.0. The number of carbonyl (C=O) groups excluding carboxylic acids is 1. The van der Waals surface area contributed by atoms with Gasteiger partial charge in [0.2, 0.25) is 0 Å². The summed E-state index contributed by atoms with van der Waals surface area (Å²) in [6.45, 7) is 0. The predicted octanol–water partition coefficient (Wildman–Crippen LogP) is 3.99. The fourth-order valence-corrected chi connectivity index (χ4v) is 3.06. The van der Waals surface area contributed by atoms with E-state index >= 15 is 0 Å². The number of benzene rings is 2. The van der Waals surface area contributed by atoms with Gasteiger partial charge in [-0.15, -0.1) is 0 Å². The van der Waals surface area contributed by atoms with E-state index in [9.17, 15) is 14.9 Å². The minimum atomic E-state index is -0.992. The Kier molecular flexibility index (Phi) is 4.42. The first-order valence-electron chi connectivity index (χ1n) is 6.94. The Morgan fingerprint density at radius 3 is 2.42 bits per heavy atom. The largest absolute Gasteiger partial charge is 0.321 e. The van der Waals surface area contributed by atoms with Crippen LogP contribution in [0, 0.1) is 10.1 Å². The van der Waals surface area contributed by atoms with Gasteiger partial charge in [0.1, 0.15) is 5.70 Å². The lowest BCUT2D eigenvalue weighted by molar-refractivity contribution is -0.430. The lowest BCUT2D eigenvalue weighted by atomic mass is 9.98. The zero-order valence-electron chi connectivity index (χ0n) is 12.1. The predicted molar refractivity (Wildman–Crippen MR) is 91.2 cm³/mol. The highest BCUT2D eigenvalue weighted by atomic mass is 35.5. The van der Waals surface area contributed by atoms with Crippen molar-refractivity contribution in [3.63, 3.8) is 0 Å². The highest BCUT2D eigenvalue weighted by Gasteiger charge is 2.38. The molecule has 24 heavy (non-hydrogen) atoms. The summed E-state index contributed by atoms with van der Waals surface area (Å²) in [4.78, 5) is 23.2. The van der Waals surface area contributed by atoms with Crippen LogP contribution in [0.4, 0.5) is 4.79 Å². The Balaban J connectivity index is 2.20. The molecule has 0 fully saturated rings. The van der Waals surface area contributed by atoms with Gasteiger partial charge in [-0.3, -0.25) is 10.1 Å². The molecule has 1 aliphatic rings. The Labute approximate surface area is 147 Å². The van der Waals surface area contributed by atoms with Gasteiger partial charge in [-0.05, 0) is 12.1 Å².